The summed E-state index contributed by atoms with van der Waals surface area (Å²) in [5.41, 5.74) is 1.38. The van der Waals surface area contributed by atoms with Crippen molar-refractivity contribution in [3.8, 4) is 0 Å². The second-order valence-electron chi connectivity index (χ2n) is 5.69. The third-order valence-corrected chi connectivity index (χ3v) is 5.65. The highest BCUT2D eigenvalue weighted by atomic mass is 32.2. The van der Waals surface area contributed by atoms with Crippen molar-refractivity contribution in [2.24, 2.45) is 5.41 Å². The van der Waals surface area contributed by atoms with Crippen LogP contribution in [0.15, 0.2) is 23.1 Å². The average Bonchev–Trinajstić information content (AvgIpc) is 2.34. The first kappa shape index (κ1) is 14.5. The van der Waals surface area contributed by atoms with Crippen LogP contribution >= 0.6 is 0 Å². The summed E-state index contributed by atoms with van der Waals surface area (Å²) in [7, 11) is -3.49. The molecule has 0 unspecified atom stereocenters. The minimum absolute atomic E-state index is 0.107. The molecule has 1 aliphatic carbocycles. The molecule has 0 bridgehead atoms. The van der Waals surface area contributed by atoms with Gasteiger partial charge in [-0.2, -0.15) is 0 Å². The molecule has 2 N–H and O–H groups in total. The molecule has 0 atom stereocenters. The maximum atomic E-state index is 12.3. The summed E-state index contributed by atoms with van der Waals surface area (Å²) in [5, 5.41) is 9.20. The van der Waals surface area contributed by atoms with Gasteiger partial charge in [0.25, 0.3) is 0 Å². The number of nitrogens with one attached hydrogen (secondary N) is 1. The molecule has 0 saturated heterocycles. The Morgan fingerprint density at radius 1 is 1.37 bits per heavy atom. The molecule has 0 aromatic heterocycles. The highest BCUT2D eigenvalue weighted by molar-refractivity contribution is 7.89. The molecule has 1 aliphatic rings. The van der Waals surface area contributed by atoms with Gasteiger partial charge in [0.1, 0.15) is 0 Å². The maximum Gasteiger partial charge on any atom is 0.240 e. The van der Waals surface area contributed by atoms with E-state index in [-0.39, 0.29) is 16.9 Å². The zero-order valence-electron chi connectivity index (χ0n) is 11.4. The van der Waals surface area contributed by atoms with Gasteiger partial charge in [-0.1, -0.05) is 25.5 Å². The van der Waals surface area contributed by atoms with Gasteiger partial charge in [0.05, 0.1) is 11.5 Å². The summed E-state index contributed by atoms with van der Waals surface area (Å²) in [5.74, 6) is 0. The van der Waals surface area contributed by atoms with Crippen molar-refractivity contribution in [1.29, 1.82) is 0 Å². The summed E-state index contributed by atoms with van der Waals surface area (Å²) >= 11 is 0. The summed E-state index contributed by atoms with van der Waals surface area (Å²) < 4.78 is 27.3. The van der Waals surface area contributed by atoms with E-state index in [1.54, 1.807) is 25.1 Å². The van der Waals surface area contributed by atoms with Crippen LogP contribution in [0.3, 0.4) is 0 Å². The van der Waals surface area contributed by atoms with E-state index < -0.39 is 10.0 Å². The number of aliphatic hydroxyl groups excluding tert-OH is 1. The van der Waals surface area contributed by atoms with Crippen molar-refractivity contribution in [3.05, 3.63) is 29.3 Å². The number of rotatable bonds is 5. The normalized spacial score (nSPS) is 18.1. The lowest BCUT2D eigenvalue weighted by molar-refractivity contribution is 0.166. The van der Waals surface area contributed by atoms with Crippen LogP contribution in [-0.4, -0.2) is 20.1 Å². The zero-order valence-corrected chi connectivity index (χ0v) is 12.3. The number of benzene rings is 1. The molecule has 5 heteroatoms. The van der Waals surface area contributed by atoms with Crippen molar-refractivity contribution in [1.82, 2.24) is 4.72 Å². The summed E-state index contributed by atoms with van der Waals surface area (Å²) in [6.45, 7) is 4.17. The molecule has 1 aromatic rings. The van der Waals surface area contributed by atoms with Gasteiger partial charge in [-0.3, -0.25) is 0 Å². The lowest BCUT2D eigenvalue weighted by Crippen LogP contribution is -2.40. The van der Waals surface area contributed by atoms with Crippen LogP contribution < -0.4 is 4.72 Å². The first-order chi connectivity index (χ1) is 8.88. The number of aliphatic hydroxyl groups is 1. The highest BCUT2D eigenvalue weighted by Gasteiger charge is 2.33. The number of hydrogen-bond acceptors (Lipinski definition) is 3. The molecular weight excluding hydrogens is 262 g/mol. The second kappa shape index (κ2) is 5.23. The standard InChI is InChI=1S/C14H21NO3S/c1-11-12(9-16)5-3-6-13(11)19(17,18)15-10-14(2)7-4-8-14/h3,5-6,15-16H,4,7-10H2,1-2H3. The summed E-state index contributed by atoms with van der Waals surface area (Å²) in [6, 6.07) is 4.99. The molecule has 106 valence electrons. The molecule has 0 amide bonds. The first-order valence-electron chi connectivity index (χ1n) is 6.57. The third-order valence-electron chi connectivity index (χ3n) is 4.11. The van der Waals surface area contributed by atoms with Crippen LogP contribution in [0.1, 0.15) is 37.3 Å². The zero-order chi connectivity index (χ0) is 14.1. The number of hydrogen-bond donors (Lipinski definition) is 2. The molecule has 1 fully saturated rings. The maximum absolute atomic E-state index is 12.3. The van der Waals surface area contributed by atoms with Crippen LogP contribution in [0.5, 0.6) is 0 Å². The molecule has 0 aliphatic heterocycles. The van der Waals surface area contributed by atoms with Crippen molar-refractivity contribution in [3.63, 3.8) is 0 Å². The second-order valence-corrected chi connectivity index (χ2v) is 7.42. The molecule has 4 nitrogen and oxygen atoms in total. The average molecular weight is 283 g/mol. The lowest BCUT2D eigenvalue weighted by Gasteiger charge is -2.38. The Morgan fingerprint density at radius 2 is 2.05 bits per heavy atom. The van der Waals surface area contributed by atoms with Crippen LogP contribution in [0, 0.1) is 12.3 Å². The van der Waals surface area contributed by atoms with Gasteiger partial charge in [0.15, 0.2) is 0 Å². The van der Waals surface area contributed by atoms with Gasteiger partial charge >= 0.3 is 0 Å². The summed E-state index contributed by atoms with van der Waals surface area (Å²) in [6.07, 6.45) is 3.33. The fraction of sp³-hybridized carbons (Fsp3) is 0.571. The van der Waals surface area contributed by atoms with Crippen molar-refractivity contribution in [2.45, 2.75) is 44.6 Å². The first-order valence-corrected chi connectivity index (χ1v) is 8.05. The number of sulfonamides is 1. The highest BCUT2D eigenvalue weighted by Crippen LogP contribution is 2.39. The van der Waals surface area contributed by atoms with Gasteiger partial charge < -0.3 is 5.11 Å². The fourth-order valence-corrected chi connectivity index (χ4v) is 3.91. The molecule has 0 radical (unpaired) electrons. The molecular formula is C14H21NO3S. The van der Waals surface area contributed by atoms with Gasteiger partial charge in [-0.25, -0.2) is 13.1 Å². The van der Waals surface area contributed by atoms with Crippen molar-refractivity contribution < 1.29 is 13.5 Å². The summed E-state index contributed by atoms with van der Waals surface area (Å²) in [4.78, 5) is 0.266. The van der Waals surface area contributed by atoms with Crippen molar-refractivity contribution >= 4 is 10.0 Å². The minimum atomic E-state index is -3.49. The van der Waals surface area contributed by atoms with E-state index >= 15 is 0 Å². The lowest BCUT2D eigenvalue weighted by atomic mass is 9.71. The van der Waals surface area contributed by atoms with Crippen molar-refractivity contribution in [2.75, 3.05) is 6.54 Å². The third kappa shape index (κ3) is 2.99. The Bertz CT molecular complexity index is 562. The Balaban J connectivity index is 2.19. The van der Waals surface area contributed by atoms with Crippen LogP contribution in [0.2, 0.25) is 0 Å². The SMILES string of the molecule is Cc1c(CO)cccc1S(=O)(=O)NCC1(C)CCC1. The van der Waals surface area contributed by atoms with Gasteiger partial charge in [0, 0.05) is 6.54 Å². The van der Waals surface area contributed by atoms with E-state index in [9.17, 15) is 13.5 Å². The predicted molar refractivity (Wildman–Crippen MR) is 74.2 cm³/mol. The van der Waals surface area contributed by atoms with E-state index in [1.165, 1.54) is 6.42 Å². The molecule has 0 heterocycles. The Morgan fingerprint density at radius 3 is 2.58 bits per heavy atom. The molecule has 0 spiro atoms. The fourth-order valence-electron chi connectivity index (χ4n) is 2.43. The predicted octanol–water partition coefficient (Wildman–Crippen LogP) is 1.96. The monoisotopic (exact) mass is 283 g/mol. The molecule has 19 heavy (non-hydrogen) atoms. The van der Waals surface area contributed by atoms with E-state index in [1.807, 2.05) is 0 Å². The van der Waals surface area contributed by atoms with Crippen LogP contribution in [0.25, 0.3) is 0 Å². The minimum Gasteiger partial charge on any atom is -0.392 e. The van der Waals surface area contributed by atoms with E-state index in [0.717, 1.165) is 12.8 Å². The smallest absolute Gasteiger partial charge is 0.240 e. The quantitative estimate of drug-likeness (QED) is 0.868. The molecule has 1 aromatic carbocycles. The Hall–Kier alpha value is -0.910. The topological polar surface area (TPSA) is 66.4 Å². The van der Waals surface area contributed by atoms with Crippen LogP contribution in [-0.2, 0) is 16.6 Å². The molecule has 1 saturated carbocycles. The van der Waals surface area contributed by atoms with E-state index in [0.29, 0.717) is 17.7 Å². The Labute approximate surface area is 114 Å². The van der Waals surface area contributed by atoms with E-state index in [4.69, 9.17) is 0 Å². The van der Waals surface area contributed by atoms with E-state index in [2.05, 4.69) is 11.6 Å². The van der Waals surface area contributed by atoms with Gasteiger partial charge in [0.2, 0.25) is 10.0 Å². The van der Waals surface area contributed by atoms with Gasteiger partial charge in [-0.15, -0.1) is 0 Å². The van der Waals surface area contributed by atoms with Gasteiger partial charge in [-0.05, 0) is 42.4 Å². The largest absolute Gasteiger partial charge is 0.392 e. The molecule has 2 rings (SSSR count). The van der Waals surface area contributed by atoms with Crippen LogP contribution in [0.4, 0.5) is 0 Å². The Kier molecular flexibility index (Phi) is 3.99.